The minimum absolute atomic E-state index is 0.0782. The molecule has 1 fully saturated rings. The van der Waals surface area contributed by atoms with Crippen molar-refractivity contribution in [2.45, 2.75) is 57.6 Å². The molecule has 1 aromatic carbocycles. The van der Waals surface area contributed by atoms with Crippen molar-refractivity contribution in [3.63, 3.8) is 0 Å². The van der Waals surface area contributed by atoms with Crippen molar-refractivity contribution in [2.24, 2.45) is 5.92 Å². The Morgan fingerprint density at radius 3 is 2.67 bits per heavy atom. The normalized spacial score (nSPS) is 20.2. The van der Waals surface area contributed by atoms with E-state index < -0.39 is 6.10 Å². The lowest BCUT2D eigenvalue weighted by Crippen LogP contribution is -2.32. The molecule has 194 valence electrons. The molecule has 3 aromatic rings. The molecule has 3 atom stereocenters. The first kappa shape index (κ1) is 25.8. The topological polar surface area (TPSA) is 134 Å². The molecule has 1 saturated carbocycles. The highest BCUT2D eigenvalue weighted by Crippen LogP contribution is 2.37. The SMILES string of the molecule is CN(CCCNC(=O)Nc1ccc(C(C)(C)C)cc1)C[C@@H]1C[C@@H](O)[C@H](n2cnc3c(N)ncnc32)C1. The molecule has 36 heavy (non-hydrogen) atoms. The number of amides is 2. The van der Waals surface area contributed by atoms with Gasteiger partial charge >= 0.3 is 6.03 Å². The van der Waals surface area contributed by atoms with Crippen LogP contribution >= 0.6 is 0 Å². The van der Waals surface area contributed by atoms with Gasteiger partial charge in [-0.2, -0.15) is 0 Å². The number of aliphatic hydroxyl groups excluding tert-OH is 1. The molecule has 0 radical (unpaired) electrons. The van der Waals surface area contributed by atoms with Crippen LogP contribution < -0.4 is 16.4 Å². The lowest BCUT2D eigenvalue weighted by Gasteiger charge is -2.21. The van der Waals surface area contributed by atoms with Crippen LogP contribution in [0, 0.1) is 5.92 Å². The number of fused-ring (bicyclic) bond motifs is 1. The fourth-order valence-electron chi connectivity index (χ4n) is 4.97. The van der Waals surface area contributed by atoms with Crippen LogP contribution in [-0.2, 0) is 5.41 Å². The van der Waals surface area contributed by atoms with Gasteiger partial charge in [-0.15, -0.1) is 0 Å². The molecule has 0 saturated heterocycles. The van der Waals surface area contributed by atoms with E-state index in [0.29, 0.717) is 29.4 Å². The predicted molar refractivity (Wildman–Crippen MR) is 142 cm³/mol. The standard InChI is InChI=1S/C26H38N8O2/c1-26(2,3)18-6-8-19(9-7-18)32-25(36)28-10-5-11-33(4)14-17-12-20(21(35)13-17)34-16-31-22-23(27)29-15-30-24(22)34/h6-9,15-17,20-21,35H,5,10-14H2,1-4H3,(H2,27,29,30)(H2,28,32,36)/t17-,20+,21+/m0/s1. The first-order valence-corrected chi connectivity index (χ1v) is 12.6. The van der Waals surface area contributed by atoms with Gasteiger partial charge in [0.25, 0.3) is 0 Å². The zero-order chi connectivity index (χ0) is 25.9. The van der Waals surface area contributed by atoms with E-state index >= 15 is 0 Å². The second kappa shape index (κ2) is 10.8. The van der Waals surface area contributed by atoms with Crippen LogP contribution in [0.3, 0.4) is 0 Å². The average Bonchev–Trinajstić information content (AvgIpc) is 3.40. The van der Waals surface area contributed by atoms with Crippen molar-refractivity contribution in [3.05, 3.63) is 42.5 Å². The lowest BCUT2D eigenvalue weighted by molar-refractivity contribution is 0.134. The van der Waals surface area contributed by atoms with Crippen molar-refractivity contribution in [1.82, 2.24) is 29.7 Å². The van der Waals surface area contributed by atoms with E-state index in [2.05, 4.69) is 58.3 Å². The Hall–Kier alpha value is -3.24. The van der Waals surface area contributed by atoms with E-state index in [1.54, 1.807) is 6.33 Å². The quantitative estimate of drug-likeness (QED) is 0.353. The first-order valence-electron chi connectivity index (χ1n) is 12.6. The van der Waals surface area contributed by atoms with Crippen LogP contribution in [0.5, 0.6) is 0 Å². The molecule has 4 rings (SSSR count). The van der Waals surface area contributed by atoms with E-state index in [0.717, 1.165) is 38.0 Å². The highest BCUT2D eigenvalue weighted by molar-refractivity contribution is 5.89. The first-order chi connectivity index (χ1) is 17.1. The number of hydrogen-bond acceptors (Lipinski definition) is 7. The summed E-state index contributed by atoms with van der Waals surface area (Å²) in [6, 6.07) is 7.70. The number of nitrogens with zero attached hydrogens (tertiary/aromatic N) is 5. The monoisotopic (exact) mass is 494 g/mol. The van der Waals surface area contributed by atoms with E-state index in [1.165, 1.54) is 11.9 Å². The molecule has 0 unspecified atom stereocenters. The van der Waals surface area contributed by atoms with Crippen LogP contribution in [0.15, 0.2) is 36.9 Å². The molecule has 5 N–H and O–H groups in total. The number of nitrogens with one attached hydrogen (secondary N) is 2. The number of carbonyl (C=O) groups excluding carboxylic acids is 1. The number of urea groups is 1. The number of nitrogens with two attached hydrogens (primary N) is 1. The minimum Gasteiger partial charge on any atom is -0.391 e. The molecule has 1 aliphatic carbocycles. The predicted octanol–water partition coefficient (Wildman–Crippen LogP) is 3.16. The van der Waals surface area contributed by atoms with E-state index in [9.17, 15) is 9.90 Å². The van der Waals surface area contributed by atoms with E-state index in [4.69, 9.17) is 5.73 Å². The molecular weight excluding hydrogens is 456 g/mol. The van der Waals surface area contributed by atoms with Gasteiger partial charge in [-0.25, -0.2) is 19.7 Å². The highest BCUT2D eigenvalue weighted by Gasteiger charge is 2.35. The summed E-state index contributed by atoms with van der Waals surface area (Å²) in [6.07, 6.45) is 5.08. The molecule has 1 aliphatic rings. The molecule has 10 nitrogen and oxygen atoms in total. The third-order valence-corrected chi connectivity index (χ3v) is 6.92. The summed E-state index contributed by atoms with van der Waals surface area (Å²) < 4.78 is 1.93. The Bertz CT molecular complexity index is 1170. The van der Waals surface area contributed by atoms with Gasteiger partial charge in [0.05, 0.1) is 18.5 Å². The number of aromatic nitrogens is 4. The second-order valence-electron chi connectivity index (χ2n) is 10.9. The molecule has 10 heteroatoms. The Balaban J connectivity index is 1.18. The summed E-state index contributed by atoms with van der Waals surface area (Å²) in [5, 5.41) is 16.5. The summed E-state index contributed by atoms with van der Waals surface area (Å²) in [5.41, 5.74) is 9.24. The zero-order valence-electron chi connectivity index (χ0n) is 21.6. The number of imidazole rings is 1. The maximum absolute atomic E-state index is 12.2. The molecule has 2 heterocycles. The Labute approximate surface area is 212 Å². The summed E-state index contributed by atoms with van der Waals surface area (Å²) in [5.74, 6) is 0.710. The van der Waals surface area contributed by atoms with Crippen molar-refractivity contribution >= 4 is 28.7 Å². The number of rotatable bonds is 8. The number of hydrogen-bond donors (Lipinski definition) is 4. The van der Waals surface area contributed by atoms with Gasteiger partial charge in [-0.05, 0) is 61.9 Å². The number of anilines is 2. The van der Waals surface area contributed by atoms with Crippen molar-refractivity contribution in [2.75, 3.05) is 37.7 Å². The number of carbonyl (C=O) groups is 1. The second-order valence-corrected chi connectivity index (χ2v) is 10.9. The van der Waals surface area contributed by atoms with Crippen LogP contribution in [0.1, 0.15) is 51.6 Å². The maximum atomic E-state index is 12.2. The average molecular weight is 495 g/mol. The number of benzene rings is 1. The van der Waals surface area contributed by atoms with E-state index in [1.807, 2.05) is 28.8 Å². The third kappa shape index (κ3) is 6.11. The molecular formula is C26H38N8O2. The van der Waals surface area contributed by atoms with Gasteiger partial charge in [0.1, 0.15) is 11.8 Å². The fourth-order valence-corrected chi connectivity index (χ4v) is 4.97. The van der Waals surface area contributed by atoms with Crippen LogP contribution in [-0.4, -0.2) is 68.3 Å². The van der Waals surface area contributed by atoms with Gasteiger partial charge in [0.15, 0.2) is 11.5 Å². The Kier molecular flexibility index (Phi) is 7.75. The zero-order valence-corrected chi connectivity index (χ0v) is 21.6. The summed E-state index contributed by atoms with van der Waals surface area (Å²) in [7, 11) is 2.08. The van der Waals surface area contributed by atoms with Gasteiger partial charge in [-0.3, -0.25) is 0 Å². The van der Waals surface area contributed by atoms with Gasteiger partial charge in [0.2, 0.25) is 0 Å². The van der Waals surface area contributed by atoms with Crippen LogP contribution in [0.4, 0.5) is 16.3 Å². The van der Waals surface area contributed by atoms with Crippen LogP contribution in [0.25, 0.3) is 11.2 Å². The Morgan fingerprint density at radius 2 is 1.94 bits per heavy atom. The molecule has 2 aromatic heterocycles. The van der Waals surface area contributed by atoms with Crippen molar-refractivity contribution in [1.29, 1.82) is 0 Å². The van der Waals surface area contributed by atoms with Crippen LogP contribution in [0.2, 0.25) is 0 Å². The third-order valence-electron chi connectivity index (χ3n) is 6.92. The summed E-state index contributed by atoms with van der Waals surface area (Å²) in [6.45, 7) is 8.83. The largest absolute Gasteiger partial charge is 0.391 e. The summed E-state index contributed by atoms with van der Waals surface area (Å²) in [4.78, 5) is 27.1. The minimum atomic E-state index is -0.459. The molecule has 0 aliphatic heterocycles. The molecule has 2 amide bonds. The van der Waals surface area contributed by atoms with Crippen molar-refractivity contribution in [3.8, 4) is 0 Å². The molecule has 0 spiro atoms. The van der Waals surface area contributed by atoms with Crippen molar-refractivity contribution < 1.29 is 9.90 Å². The van der Waals surface area contributed by atoms with E-state index in [-0.39, 0.29) is 17.5 Å². The highest BCUT2D eigenvalue weighted by atomic mass is 16.3. The molecule has 0 bridgehead atoms. The van der Waals surface area contributed by atoms with Gasteiger partial charge < -0.3 is 30.9 Å². The van der Waals surface area contributed by atoms with Gasteiger partial charge in [-0.1, -0.05) is 32.9 Å². The smallest absolute Gasteiger partial charge is 0.319 e. The maximum Gasteiger partial charge on any atom is 0.319 e. The van der Waals surface area contributed by atoms with Gasteiger partial charge in [0, 0.05) is 18.8 Å². The number of aliphatic hydroxyl groups is 1. The lowest BCUT2D eigenvalue weighted by atomic mass is 9.87. The number of nitrogen functional groups attached to an aromatic ring is 1. The summed E-state index contributed by atoms with van der Waals surface area (Å²) >= 11 is 0. The Morgan fingerprint density at radius 1 is 1.19 bits per heavy atom. The fraction of sp³-hybridized carbons (Fsp3) is 0.538.